The molecule has 0 bridgehead atoms. The van der Waals surface area contributed by atoms with Gasteiger partial charge in [0.15, 0.2) is 11.3 Å². The van der Waals surface area contributed by atoms with Crippen molar-refractivity contribution in [3.8, 4) is 5.75 Å². The van der Waals surface area contributed by atoms with Crippen molar-refractivity contribution >= 4 is 11.7 Å². The Bertz CT molecular complexity index is 664. The summed E-state index contributed by atoms with van der Waals surface area (Å²) in [6.45, 7) is 0. The minimum absolute atomic E-state index is 0.119. The van der Waals surface area contributed by atoms with Gasteiger partial charge in [-0.1, -0.05) is 42.5 Å². The van der Waals surface area contributed by atoms with Crippen LogP contribution < -0.4 is 5.32 Å². The summed E-state index contributed by atoms with van der Waals surface area (Å²) in [7, 11) is 0. The quantitative estimate of drug-likeness (QED) is 0.814. The van der Waals surface area contributed by atoms with Crippen molar-refractivity contribution in [3.63, 3.8) is 0 Å². The Kier molecular flexibility index (Phi) is 2.79. The summed E-state index contributed by atoms with van der Waals surface area (Å²) in [5, 5.41) is 12.2. The lowest BCUT2D eigenvalue weighted by Crippen LogP contribution is -2.44. The normalized spacial score (nSPS) is 21.8. The zero-order valence-corrected chi connectivity index (χ0v) is 10.7. The average molecular weight is 267 g/mol. The first kappa shape index (κ1) is 12.4. The van der Waals surface area contributed by atoms with Crippen molar-refractivity contribution in [2.75, 3.05) is 0 Å². The van der Waals surface area contributed by atoms with Crippen LogP contribution in [-0.4, -0.2) is 16.8 Å². The number of carbonyl (C=O) groups excluding carboxylic acids is 2. The van der Waals surface area contributed by atoms with E-state index in [4.69, 9.17) is 0 Å². The monoisotopic (exact) mass is 267 g/mol. The number of aromatic hydroxyl groups is 1. The third-order valence-electron chi connectivity index (χ3n) is 3.57. The van der Waals surface area contributed by atoms with E-state index >= 15 is 0 Å². The molecule has 0 aliphatic carbocycles. The topological polar surface area (TPSA) is 66.4 Å². The summed E-state index contributed by atoms with van der Waals surface area (Å²) < 4.78 is 0. The van der Waals surface area contributed by atoms with E-state index in [1.165, 1.54) is 12.1 Å². The largest absolute Gasteiger partial charge is 0.508 e. The second kappa shape index (κ2) is 4.49. The van der Waals surface area contributed by atoms with E-state index in [0.717, 1.165) is 5.56 Å². The highest BCUT2D eigenvalue weighted by atomic mass is 16.3. The van der Waals surface area contributed by atoms with E-state index in [-0.39, 0.29) is 23.9 Å². The van der Waals surface area contributed by atoms with Crippen LogP contribution in [0.2, 0.25) is 0 Å². The van der Waals surface area contributed by atoms with Gasteiger partial charge in [0.1, 0.15) is 5.75 Å². The molecule has 0 radical (unpaired) electrons. The van der Waals surface area contributed by atoms with Crippen LogP contribution in [-0.2, 0) is 15.1 Å². The van der Waals surface area contributed by atoms with E-state index in [9.17, 15) is 14.7 Å². The molecular formula is C16H13NO3. The number of ketones is 1. The second-order valence-corrected chi connectivity index (χ2v) is 4.81. The van der Waals surface area contributed by atoms with Crippen LogP contribution >= 0.6 is 0 Å². The number of amides is 1. The minimum Gasteiger partial charge on any atom is -0.508 e. The average Bonchev–Trinajstić information content (AvgIpc) is 2.76. The molecule has 4 heteroatoms. The number of phenols is 1. The van der Waals surface area contributed by atoms with Crippen LogP contribution in [0.1, 0.15) is 17.5 Å². The molecule has 0 aromatic heterocycles. The first-order valence-corrected chi connectivity index (χ1v) is 6.32. The van der Waals surface area contributed by atoms with Crippen molar-refractivity contribution in [3.05, 3.63) is 65.7 Å². The molecule has 4 nitrogen and oxygen atoms in total. The maximum atomic E-state index is 12.4. The summed E-state index contributed by atoms with van der Waals surface area (Å²) in [5.74, 6) is -0.347. The number of carbonyl (C=O) groups is 2. The van der Waals surface area contributed by atoms with Crippen LogP contribution in [0, 0.1) is 0 Å². The molecule has 1 saturated heterocycles. The Morgan fingerprint density at radius 2 is 1.50 bits per heavy atom. The Morgan fingerprint density at radius 3 is 2.05 bits per heavy atom. The molecule has 3 rings (SSSR count). The fourth-order valence-electron chi connectivity index (χ4n) is 2.63. The highest BCUT2D eigenvalue weighted by Gasteiger charge is 2.48. The molecule has 100 valence electrons. The van der Waals surface area contributed by atoms with E-state index in [2.05, 4.69) is 5.32 Å². The molecule has 1 aliphatic rings. The molecule has 1 heterocycles. The van der Waals surface area contributed by atoms with Gasteiger partial charge in [-0.2, -0.15) is 0 Å². The van der Waals surface area contributed by atoms with Gasteiger partial charge >= 0.3 is 0 Å². The fraction of sp³-hybridized carbons (Fsp3) is 0.125. The predicted octanol–water partition coefficient (Wildman–Crippen LogP) is 1.72. The van der Waals surface area contributed by atoms with Gasteiger partial charge in [0.2, 0.25) is 5.91 Å². The van der Waals surface area contributed by atoms with E-state index < -0.39 is 5.54 Å². The maximum Gasteiger partial charge on any atom is 0.228 e. The Labute approximate surface area is 116 Å². The summed E-state index contributed by atoms with van der Waals surface area (Å²) >= 11 is 0. The third-order valence-corrected chi connectivity index (χ3v) is 3.57. The minimum atomic E-state index is -1.15. The zero-order valence-electron chi connectivity index (χ0n) is 10.7. The molecule has 1 aliphatic heterocycles. The SMILES string of the molecule is O=C1CC(=O)C(c2ccccc2)(c2ccc(O)cc2)N1. The highest BCUT2D eigenvalue weighted by Crippen LogP contribution is 2.36. The molecule has 20 heavy (non-hydrogen) atoms. The highest BCUT2D eigenvalue weighted by molar-refractivity contribution is 6.12. The number of hydrogen-bond donors (Lipinski definition) is 2. The molecule has 1 atom stereocenters. The van der Waals surface area contributed by atoms with Crippen LogP contribution in [0.25, 0.3) is 0 Å². The van der Waals surface area contributed by atoms with Gasteiger partial charge < -0.3 is 10.4 Å². The maximum absolute atomic E-state index is 12.4. The fourth-order valence-corrected chi connectivity index (χ4v) is 2.63. The van der Waals surface area contributed by atoms with Gasteiger partial charge in [0.25, 0.3) is 0 Å². The molecule has 1 unspecified atom stereocenters. The van der Waals surface area contributed by atoms with Gasteiger partial charge in [-0.3, -0.25) is 9.59 Å². The van der Waals surface area contributed by atoms with Crippen LogP contribution in [0.5, 0.6) is 5.75 Å². The number of rotatable bonds is 2. The summed E-state index contributed by atoms with van der Waals surface area (Å²) in [5.41, 5.74) is 0.227. The Balaban J connectivity index is 2.21. The standard InChI is InChI=1S/C16H13NO3/c18-13-8-6-12(7-9-13)16(11-4-2-1-3-5-11)14(19)10-15(20)17-16/h1-9,18H,10H2,(H,17,20). The molecular weight excluding hydrogens is 254 g/mol. The zero-order chi connectivity index (χ0) is 14.2. The van der Waals surface area contributed by atoms with Gasteiger partial charge in [-0.05, 0) is 23.3 Å². The first-order valence-electron chi connectivity index (χ1n) is 6.32. The molecule has 1 fully saturated rings. The van der Waals surface area contributed by atoms with Crippen molar-refractivity contribution in [2.45, 2.75) is 12.0 Å². The molecule has 2 aromatic rings. The smallest absolute Gasteiger partial charge is 0.228 e. The molecule has 1 amide bonds. The molecule has 0 spiro atoms. The van der Waals surface area contributed by atoms with E-state index in [1.54, 1.807) is 12.1 Å². The summed E-state index contributed by atoms with van der Waals surface area (Å²) in [6.07, 6.45) is -0.129. The van der Waals surface area contributed by atoms with E-state index in [1.807, 2.05) is 30.3 Å². The van der Waals surface area contributed by atoms with Gasteiger partial charge in [0.05, 0.1) is 6.42 Å². The van der Waals surface area contributed by atoms with Crippen LogP contribution in [0.4, 0.5) is 0 Å². The third kappa shape index (κ3) is 1.77. The van der Waals surface area contributed by atoms with Crippen LogP contribution in [0.15, 0.2) is 54.6 Å². The summed E-state index contributed by atoms with van der Waals surface area (Å²) in [6, 6.07) is 15.5. The first-order chi connectivity index (χ1) is 9.63. The lowest BCUT2D eigenvalue weighted by Gasteiger charge is -2.28. The lowest BCUT2D eigenvalue weighted by atomic mass is 9.81. The second-order valence-electron chi connectivity index (χ2n) is 4.81. The number of hydrogen-bond acceptors (Lipinski definition) is 3. The Morgan fingerprint density at radius 1 is 0.900 bits per heavy atom. The van der Waals surface area contributed by atoms with Crippen LogP contribution in [0.3, 0.4) is 0 Å². The van der Waals surface area contributed by atoms with Crippen molar-refractivity contribution in [2.24, 2.45) is 0 Å². The number of phenolic OH excluding ortho intramolecular Hbond substituents is 1. The summed E-state index contributed by atoms with van der Waals surface area (Å²) in [4.78, 5) is 24.1. The van der Waals surface area contributed by atoms with Gasteiger partial charge in [-0.25, -0.2) is 0 Å². The van der Waals surface area contributed by atoms with Gasteiger partial charge in [0, 0.05) is 0 Å². The number of benzene rings is 2. The molecule has 0 saturated carbocycles. The molecule has 2 aromatic carbocycles. The van der Waals surface area contributed by atoms with Crippen molar-refractivity contribution < 1.29 is 14.7 Å². The van der Waals surface area contributed by atoms with Crippen molar-refractivity contribution in [1.82, 2.24) is 5.32 Å². The van der Waals surface area contributed by atoms with Gasteiger partial charge in [-0.15, -0.1) is 0 Å². The number of nitrogens with one attached hydrogen (secondary N) is 1. The lowest BCUT2D eigenvalue weighted by molar-refractivity contribution is -0.122. The van der Waals surface area contributed by atoms with Crippen molar-refractivity contribution in [1.29, 1.82) is 0 Å². The Hall–Kier alpha value is -2.62. The number of Topliss-reactive ketones (excluding diaryl/α,β-unsaturated/α-hetero) is 1. The predicted molar refractivity (Wildman–Crippen MR) is 73.1 cm³/mol. The molecule has 2 N–H and O–H groups in total. The van der Waals surface area contributed by atoms with E-state index in [0.29, 0.717) is 5.56 Å².